The number of nitrogens with zero attached hydrogens (tertiary/aromatic N) is 1. The number of hydrogen-bond donors (Lipinski definition) is 3. The van der Waals surface area contributed by atoms with Crippen molar-refractivity contribution in [2.45, 2.75) is 51.7 Å². The summed E-state index contributed by atoms with van der Waals surface area (Å²) in [6.07, 6.45) is 7.13. The Hall–Kier alpha value is -2.43. The highest BCUT2D eigenvalue weighted by Gasteiger charge is 2.20. The standard InChI is InChI=1S/C24H34N4O4.HI/c1-17-12-15-31-21(17)23(29)26-13-7-14-27-24(25-2)28-16-18-8-6-11-20(30-3)22(18)32-19-9-4-5-10-19;/h6,8,11-12,15,19H,4-5,7,9-10,13-14,16H2,1-3H3,(H,26,29)(H2,25,27,28);1H. The zero-order valence-corrected chi connectivity index (χ0v) is 21.9. The summed E-state index contributed by atoms with van der Waals surface area (Å²) in [6, 6.07) is 7.72. The number of benzene rings is 1. The lowest BCUT2D eigenvalue weighted by atomic mass is 10.1. The number of furan rings is 1. The normalized spacial score (nSPS) is 13.8. The Morgan fingerprint density at radius 2 is 1.91 bits per heavy atom. The summed E-state index contributed by atoms with van der Waals surface area (Å²) in [5, 5.41) is 9.47. The highest BCUT2D eigenvalue weighted by atomic mass is 127. The van der Waals surface area contributed by atoms with Crippen molar-refractivity contribution >= 4 is 35.8 Å². The average molecular weight is 570 g/mol. The lowest BCUT2D eigenvalue weighted by Gasteiger charge is -2.20. The summed E-state index contributed by atoms with van der Waals surface area (Å²) in [5.74, 6) is 2.42. The van der Waals surface area contributed by atoms with E-state index in [2.05, 4.69) is 20.9 Å². The minimum Gasteiger partial charge on any atom is -0.493 e. The van der Waals surface area contributed by atoms with Crippen LogP contribution in [0.1, 0.15) is 53.8 Å². The van der Waals surface area contributed by atoms with E-state index < -0.39 is 0 Å². The number of amides is 1. The molecule has 0 spiro atoms. The van der Waals surface area contributed by atoms with Gasteiger partial charge >= 0.3 is 0 Å². The average Bonchev–Trinajstić information content (AvgIpc) is 3.47. The zero-order chi connectivity index (χ0) is 22.8. The summed E-state index contributed by atoms with van der Waals surface area (Å²) in [6.45, 7) is 3.62. The van der Waals surface area contributed by atoms with Gasteiger partial charge in [-0.15, -0.1) is 24.0 Å². The molecule has 1 aliphatic carbocycles. The smallest absolute Gasteiger partial charge is 0.287 e. The van der Waals surface area contributed by atoms with E-state index >= 15 is 0 Å². The Kier molecular flexibility index (Phi) is 11.4. The number of ether oxygens (including phenoxy) is 2. The first-order valence-corrected chi connectivity index (χ1v) is 11.2. The minimum atomic E-state index is -0.192. The van der Waals surface area contributed by atoms with Crippen molar-refractivity contribution in [3.8, 4) is 11.5 Å². The molecule has 8 nitrogen and oxygen atoms in total. The molecule has 0 unspecified atom stereocenters. The Morgan fingerprint density at radius 3 is 2.58 bits per heavy atom. The van der Waals surface area contributed by atoms with Gasteiger partial charge in [0.15, 0.2) is 23.2 Å². The van der Waals surface area contributed by atoms with Crippen molar-refractivity contribution in [1.82, 2.24) is 16.0 Å². The van der Waals surface area contributed by atoms with Gasteiger partial charge in [-0.1, -0.05) is 12.1 Å². The molecule has 182 valence electrons. The van der Waals surface area contributed by atoms with E-state index in [1.165, 1.54) is 19.1 Å². The number of carbonyl (C=O) groups excluding carboxylic acids is 1. The second-order valence-corrected chi connectivity index (χ2v) is 7.87. The van der Waals surface area contributed by atoms with Gasteiger partial charge in [-0.2, -0.15) is 0 Å². The van der Waals surface area contributed by atoms with Gasteiger partial charge in [0.1, 0.15) is 0 Å². The molecular formula is C24H35IN4O4. The van der Waals surface area contributed by atoms with Crippen molar-refractivity contribution in [3.05, 3.63) is 47.4 Å². The van der Waals surface area contributed by atoms with Crippen LogP contribution < -0.4 is 25.4 Å². The molecule has 0 saturated heterocycles. The fourth-order valence-electron chi connectivity index (χ4n) is 3.75. The molecule has 3 N–H and O–H groups in total. The predicted octanol–water partition coefficient (Wildman–Crippen LogP) is 4.02. The number of nitrogens with one attached hydrogen (secondary N) is 3. The lowest BCUT2D eigenvalue weighted by Crippen LogP contribution is -2.38. The van der Waals surface area contributed by atoms with Gasteiger partial charge in [0.2, 0.25) is 0 Å². The van der Waals surface area contributed by atoms with Gasteiger partial charge < -0.3 is 29.8 Å². The molecule has 0 aliphatic heterocycles. The monoisotopic (exact) mass is 570 g/mol. The van der Waals surface area contributed by atoms with Crippen LogP contribution in [0.15, 0.2) is 39.9 Å². The molecule has 33 heavy (non-hydrogen) atoms. The van der Waals surface area contributed by atoms with Crippen LogP contribution in [0.3, 0.4) is 0 Å². The van der Waals surface area contributed by atoms with E-state index in [-0.39, 0.29) is 36.0 Å². The Morgan fingerprint density at radius 1 is 1.15 bits per heavy atom. The highest BCUT2D eigenvalue weighted by molar-refractivity contribution is 14.0. The van der Waals surface area contributed by atoms with Crippen LogP contribution in [0.4, 0.5) is 0 Å². The summed E-state index contributed by atoms with van der Waals surface area (Å²) in [4.78, 5) is 16.3. The second-order valence-electron chi connectivity index (χ2n) is 7.87. The first-order chi connectivity index (χ1) is 15.6. The second kappa shape index (κ2) is 14.0. The van der Waals surface area contributed by atoms with Gasteiger partial charge in [-0.05, 0) is 51.2 Å². The maximum Gasteiger partial charge on any atom is 0.287 e. The Balaban J connectivity index is 0.00000385. The molecule has 1 aromatic carbocycles. The van der Waals surface area contributed by atoms with E-state index in [1.54, 1.807) is 20.2 Å². The third-order valence-corrected chi connectivity index (χ3v) is 5.54. The molecule has 1 heterocycles. The maximum atomic E-state index is 12.1. The van der Waals surface area contributed by atoms with E-state index in [4.69, 9.17) is 13.9 Å². The van der Waals surface area contributed by atoms with E-state index in [1.807, 2.05) is 25.1 Å². The molecule has 1 fully saturated rings. The lowest BCUT2D eigenvalue weighted by molar-refractivity contribution is 0.0925. The molecular weight excluding hydrogens is 535 g/mol. The van der Waals surface area contributed by atoms with Gasteiger partial charge in [-0.3, -0.25) is 9.79 Å². The molecule has 1 amide bonds. The number of para-hydroxylation sites is 1. The molecule has 0 atom stereocenters. The maximum absolute atomic E-state index is 12.1. The minimum absolute atomic E-state index is 0. The number of hydrogen-bond acceptors (Lipinski definition) is 5. The fraction of sp³-hybridized carbons (Fsp3) is 0.500. The number of aliphatic imine (C=N–C) groups is 1. The summed E-state index contributed by atoms with van der Waals surface area (Å²) in [5.41, 5.74) is 1.86. The zero-order valence-electron chi connectivity index (χ0n) is 19.6. The molecule has 0 radical (unpaired) electrons. The van der Waals surface area contributed by atoms with Crippen LogP contribution in [0.2, 0.25) is 0 Å². The first kappa shape index (κ1) is 26.8. The molecule has 2 aromatic rings. The summed E-state index contributed by atoms with van der Waals surface area (Å²) >= 11 is 0. The number of guanidine groups is 1. The van der Waals surface area contributed by atoms with Crippen LogP contribution in [0.5, 0.6) is 11.5 Å². The summed E-state index contributed by atoms with van der Waals surface area (Å²) in [7, 11) is 3.40. The van der Waals surface area contributed by atoms with E-state index in [0.29, 0.717) is 31.4 Å². The van der Waals surface area contributed by atoms with E-state index in [0.717, 1.165) is 41.9 Å². The topological polar surface area (TPSA) is 97.1 Å². The molecule has 9 heteroatoms. The molecule has 3 rings (SSSR count). The van der Waals surface area contributed by atoms with Crippen LogP contribution in [-0.4, -0.2) is 45.2 Å². The van der Waals surface area contributed by atoms with Crippen molar-refractivity contribution in [1.29, 1.82) is 0 Å². The highest BCUT2D eigenvalue weighted by Crippen LogP contribution is 2.34. The Bertz CT molecular complexity index is 910. The number of methoxy groups -OCH3 is 1. The van der Waals surface area contributed by atoms with Crippen molar-refractivity contribution in [2.24, 2.45) is 4.99 Å². The third-order valence-electron chi connectivity index (χ3n) is 5.54. The van der Waals surface area contributed by atoms with Crippen molar-refractivity contribution in [3.63, 3.8) is 0 Å². The quantitative estimate of drug-likeness (QED) is 0.173. The van der Waals surface area contributed by atoms with Gasteiger partial charge in [0.05, 0.1) is 19.5 Å². The number of halogens is 1. The van der Waals surface area contributed by atoms with Gasteiger partial charge in [0, 0.05) is 37.8 Å². The van der Waals surface area contributed by atoms with Crippen LogP contribution in [0.25, 0.3) is 0 Å². The van der Waals surface area contributed by atoms with Gasteiger partial charge in [0.25, 0.3) is 5.91 Å². The number of carbonyl (C=O) groups is 1. The number of rotatable bonds is 10. The van der Waals surface area contributed by atoms with Crippen molar-refractivity contribution in [2.75, 3.05) is 27.2 Å². The Labute approximate surface area is 212 Å². The number of aryl methyl sites for hydroxylation is 1. The third kappa shape index (κ3) is 7.83. The molecule has 1 aromatic heterocycles. The van der Waals surface area contributed by atoms with Crippen LogP contribution in [-0.2, 0) is 6.54 Å². The first-order valence-electron chi connectivity index (χ1n) is 11.2. The summed E-state index contributed by atoms with van der Waals surface area (Å²) < 4.78 is 17.0. The van der Waals surface area contributed by atoms with Crippen LogP contribution in [0, 0.1) is 6.92 Å². The van der Waals surface area contributed by atoms with Crippen molar-refractivity contribution < 1.29 is 18.7 Å². The van der Waals surface area contributed by atoms with Gasteiger partial charge in [-0.25, -0.2) is 0 Å². The predicted molar refractivity (Wildman–Crippen MR) is 140 cm³/mol. The van der Waals surface area contributed by atoms with Crippen LogP contribution >= 0.6 is 24.0 Å². The molecule has 0 bridgehead atoms. The fourth-order valence-corrected chi connectivity index (χ4v) is 3.75. The SMILES string of the molecule is CN=C(NCCCNC(=O)c1occc1C)NCc1cccc(OC)c1OC1CCCC1.I. The molecule has 1 saturated carbocycles. The van der Waals surface area contributed by atoms with E-state index in [9.17, 15) is 4.79 Å². The molecule has 1 aliphatic rings. The largest absolute Gasteiger partial charge is 0.493 e.